The molecule has 0 aromatic carbocycles. The molecule has 3 N–H and O–H groups in total. The summed E-state index contributed by atoms with van der Waals surface area (Å²) in [5.74, 6) is 0.161. The first-order valence-corrected chi connectivity index (χ1v) is 8.20. The fraction of sp³-hybridized carbons (Fsp3) is 1.00. The van der Waals surface area contributed by atoms with Crippen LogP contribution in [0.1, 0.15) is 32.1 Å². The van der Waals surface area contributed by atoms with Gasteiger partial charge in [0.2, 0.25) is 10.0 Å². The molecule has 2 atom stereocenters. The molecular weight excluding hydrogens is 238 g/mol. The van der Waals surface area contributed by atoms with Crippen molar-refractivity contribution in [1.82, 2.24) is 9.62 Å². The molecule has 0 aliphatic carbocycles. The second-order valence-corrected chi connectivity index (χ2v) is 7.01. The summed E-state index contributed by atoms with van der Waals surface area (Å²) in [6.07, 6.45) is 4.94. The minimum absolute atomic E-state index is 0.136. The lowest BCUT2D eigenvalue weighted by Gasteiger charge is -2.34. The molecule has 2 unspecified atom stereocenters. The maximum absolute atomic E-state index is 11.8. The van der Waals surface area contributed by atoms with E-state index in [0.29, 0.717) is 19.0 Å². The molecule has 2 rings (SSSR count). The van der Waals surface area contributed by atoms with Crippen LogP contribution in [0.3, 0.4) is 0 Å². The molecule has 100 valence electrons. The molecule has 0 radical (unpaired) electrons. The van der Waals surface area contributed by atoms with E-state index in [9.17, 15) is 8.42 Å². The molecular formula is C11H23N3O2S. The van der Waals surface area contributed by atoms with Crippen LogP contribution in [0, 0.1) is 0 Å². The monoisotopic (exact) mass is 261 g/mol. The van der Waals surface area contributed by atoms with Crippen molar-refractivity contribution in [2.45, 2.75) is 44.2 Å². The van der Waals surface area contributed by atoms with Crippen molar-refractivity contribution in [3.8, 4) is 0 Å². The molecule has 0 aromatic rings. The largest absolute Gasteiger partial charge is 0.330 e. The van der Waals surface area contributed by atoms with Gasteiger partial charge in [-0.25, -0.2) is 13.1 Å². The normalized spacial score (nSPS) is 30.4. The van der Waals surface area contributed by atoms with E-state index < -0.39 is 10.0 Å². The highest BCUT2D eigenvalue weighted by molar-refractivity contribution is 7.89. The lowest BCUT2D eigenvalue weighted by molar-refractivity contribution is 0.176. The Morgan fingerprint density at radius 1 is 1.29 bits per heavy atom. The van der Waals surface area contributed by atoms with E-state index >= 15 is 0 Å². The highest BCUT2D eigenvalue weighted by atomic mass is 32.2. The molecule has 0 spiro atoms. The van der Waals surface area contributed by atoms with Crippen LogP contribution in [-0.4, -0.2) is 50.8 Å². The molecule has 5 nitrogen and oxygen atoms in total. The van der Waals surface area contributed by atoms with Crippen LogP contribution in [0.4, 0.5) is 0 Å². The van der Waals surface area contributed by atoms with Crippen LogP contribution in [0.15, 0.2) is 0 Å². The van der Waals surface area contributed by atoms with Crippen LogP contribution in [0.25, 0.3) is 0 Å². The van der Waals surface area contributed by atoms with Crippen molar-refractivity contribution in [3.63, 3.8) is 0 Å². The average Bonchev–Trinajstić information content (AvgIpc) is 2.73. The summed E-state index contributed by atoms with van der Waals surface area (Å²) in [6.45, 7) is 2.66. The molecule has 2 fully saturated rings. The summed E-state index contributed by atoms with van der Waals surface area (Å²) in [6, 6.07) is 0.739. The Kier molecular flexibility index (Phi) is 4.41. The van der Waals surface area contributed by atoms with Crippen molar-refractivity contribution < 1.29 is 8.42 Å². The fourth-order valence-corrected chi connectivity index (χ4v) is 4.30. The summed E-state index contributed by atoms with van der Waals surface area (Å²) in [4.78, 5) is 2.49. The van der Waals surface area contributed by atoms with Gasteiger partial charge in [-0.3, -0.25) is 0 Å². The van der Waals surface area contributed by atoms with Gasteiger partial charge in [-0.1, -0.05) is 0 Å². The number of nitrogens with zero attached hydrogens (tertiary/aromatic N) is 1. The maximum Gasteiger partial charge on any atom is 0.211 e. The number of sulfonamides is 1. The van der Waals surface area contributed by atoms with Gasteiger partial charge in [0.25, 0.3) is 0 Å². The maximum atomic E-state index is 11.8. The minimum atomic E-state index is -3.12. The van der Waals surface area contributed by atoms with Crippen LogP contribution < -0.4 is 10.5 Å². The van der Waals surface area contributed by atoms with E-state index in [0.717, 1.165) is 19.4 Å². The topological polar surface area (TPSA) is 75.4 Å². The van der Waals surface area contributed by atoms with E-state index in [1.807, 2.05) is 0 Å². The second kappa shape index (κ2) is 5.65. The van der Waals surface area contributed by atoms with Gasteiger partial charge in [-0.2, -0.15) is 0 Å². The molecule has 2 aliphatic rings. The predicted octanol–water partition coefficient (Wildman–Crippen LogP) is -0.119. The van der Waals surface area contributed by atoms with Crippen molar-refractivity contribution >= 4 is 10.0 Å². The zero-order chi connectivity index (χ0) is 12.3. The number of rotatable bonds is 5. The molecule has 0 bridgehead atoms. The molecule has 0 aromatic heterocycles. The fourth-order valence-electron chi connectivity index (χ4n) is 2.92. The van der Waals surface area contributed by atoms with E-state index in [-0.39, 0.29) is 11.8 Å². The summed E-state index contributed by atoms with van der Waals surface area (Å²) >= 11 is 0. The molecule has 0 amide bonds. The Balaban J connectivity index is 1.83. The smallest absolute Gasteiger partial charge is 0.211 e. The molecule has 6 heteroatoms. The van der Waals surface area contributed by atoms with Gasteiger partial charge in [0.1, 0.15) is 0 Å². The third-order valence-corrected chi connectivity index (χ3v) is 5.30. The SMILES string of the molecule is NCCCS(=O)(=O)NC1CCN2CCCC2C1. The lowest BCUT2D eigenvalue weighted by Crippen LogP contribution is -2.47. The van der Waals surface area contributed by atoms with Crippen LogP contribution in [0.5, 0.6) is 0 Å². The average molecular weight is 261 g/mol. The minimum Gasteiger partial charge on any atom is -0.330 e. The number of piperidine rings is 1. The number of hydrogen-bond acceptors (Lipinski definition) is 4. The van der Waals surface area contributed by atoms with Crippen molar-refractivity contribution in [2.24, 2.45) is 5.73 Å². The summed E-state index contributed by atoms with van der Waals surface area (Å²) < 4.78 is 26.4. The van der Waals surface area contributed by atoms with E-state index in [2.05, 4.69) is 9.62 Å². The molecule has 17 heavy (non-hydrogen) atoms. The number of nitrogens with one attached hydrogen (secondary N) is 1. The van der Waals surface area contributed by atoms with Gasteiger partial charge < -0.3 is 10.6 Å². The van der Waals surface area contributed by atoms with Crippen molar-refractivity contribution in [1.29, 1.82) is 0 Å². The second-order valence-electron chi connectivity index (χ2n) is 5.13. The number of nitrogens with two attached hydrogens (primary N) is 1. The zero-order valence-corrected chi connectivity index (χ0v) is 11.1. The van der Waals surface area contributed by atoms with E-state index in [1.165, 1.54) is 19.4 Å². The first kappa shape index (κ1) is 13.3. The van der Waals surface area contributed by atoms with Crippen molar-refractivity contribution in [2.75, 3.05) is 25.4 Å². The Labute approximate surface area is 104 Å². The quantitative estimate of drug-likeness (QED) is 0.723. The van der Waals surface area contributed by atoms with Gasteiger partial charge in [0, 0.05) is 12.1 Å². The Morgan fingerprint density at radius 3 is 2.88 bits per heavy atom. The third-order valence-electron chi connectivity index (χ3n) is 3.78. The Bertz CT molecular complexity index is 345. The number of hydrogen-bond donors (Lipinski definition) is 2. The summed E-state index contributed by atoms with van der Waals surface area (Å²) in [5.41, 5.74) is 5.34. The van der Waals surface area contributed by atoms with Gasteiger partial charge in [-0.15, -0.1) is 0 Å². The van der Waals surface area contributed by atoms with Crippen LogP contribution in [0.2, 0.25) is 0 Å². The first-order chi connectivity index (χ1) is 8.11. The molecule has 2 saturated heterocycles. The van der Waals surface area contributed by atoms with Crippen LogP contribution in [-0.2, 0) is 10.0 Å². The molecule has 2 aliphatic heterocycles. The number of fused-ring (bicyclic) bond motifs is 1. The van der Waals surface area contributed by atoms with Gasteiger partial charge in [0.05, 0.1) is 5.75 Å². The summed E-state index contributed by atoms with van der Waals surface area (Å²) in [5, 5.41) is 0. The van der Waals surface area contributed by atoms with Crippen LogP contribution >= 0.6 is 0 Å². The van der Waals surface area contributed by atoms with E-state index in [1.54, 1.807) is 0 Å². The Hall–Kier alpha value is -0.170. The first-order valence-electron chi connectivity index (χ1n) is 6.55. The van der Waals surface area contributed by atoms with Gasteiger partial charge in [0.15, 0.2) is 0 Å². The van der Waals surface area contributed by atoms with Gasteiger partial charge in [-0.05, 0) is 51.7 Å². The highest BCUT2D eigenvalue weighted by Crippen LogP contribution is 2.27. The molecule has 2 heterocycles. The van der Waals surface area contributed by atoms with E-state index in [4.69, 9.17) is 5.73 Å². The Morgan fingerprint density at radius 2 is 2.12 bits per heavy atom. The zero-order valence-electron chi connectivity index (χ0n) is 10.3. The van der Waals surface area contributed by atoms with Gasteiger partial charge >= 0.3 is 0 Å². The highest BCUT2D eigenvalue weighted by Gasteiger charge is 2.32. The lowest BCUT2D eigenvalue weighted by atomic mass is 9.99. The molecule has 0 saturated carbocycles. The predicted molar refractivity (Wildman–Crippen MR) is 68.2 cm³/mol. The standard InChI is InChI=1S/C11H23N3O2S/c12-5-2-8-17(15,16)13-10-4-7-14-6-1-3-11(14)9-10/h10-11,13H,1-9,12H2. The third kappa shape index (κ3) is 3.64. The van der Waals surface area contributed by atoms with Crippen molar-refractivity contribution in [3.05, 3.63) is 0 Å². The summed E-state index contributed by atoms with van der Waals surface area (Å²) in [7, 11) is -3.12.